The Morgan fingerprint density at radius 3 is 2.75 bits per heavy atom. The molecule has 2 aromatic rings. The van der Waals surface area contributed by atoms with Crippen molar-refractivity contribution in [1.29, 1.82) is 0 Å². The fourth-order valence-corrected chi connectivity index (χ4v) is 4.74. The second kappa shape index (κ2) is 8.08. The van der Waals surface area contributed by atoms with E-state index in [2.05, 4.69) is 33.8 Å². The lowest BCUT2D eigenvalue weighted by atomic mass is 9.82. The Labute approximate surface area is 167 Å². The van der Waals surface area contributed by atoms with Crippen LogP contribution < -0.4 is 5.73 Å². The Kier molecular flexibility index (Phi) is 5.54. The first-order chi connectivity index (χ1) is 13.6. The van der Waals surface area contributed by atoms with E-state index in [4.69, 9.17) is 10.5 Å². The summed E-state index contributed by atoms with van der Waals surface area (Å²) in [6, 6.07) is 8.08. The maximum Gasteiger partial charge on any atom is 0.323 e. The lowest BCUT2D eigenvalue weighted by Gasteiger charge is -2.33. The zero-order valence-corrected chi connectivity index (χ0v) is 16.9. The number of aromatic nitrogens is 2. The molecule has 1 aliphatic heterocycles. The van der Waals surface area contributed by atoms with Crippen LogP contribution in [0.5, 0.6) is 0 Å². The van der Waals surface area contributed by atoms with Crippen LogP contribution in [0.1, 0.15) is 64.0 Å². The molecule has 0 spiro atoms. The van der Waals surface area contributed by atoms with E-state index in [-0.39, 0.29) is 24.0 Å². The fraction of sp³-hybridized carbons (Fsp3) is 0.565. The fourth-order valence-electron chi connectivity index (χ4n) is 4.74. The zero-order chi connectivity index (χ0) is 19.7. The lowest BCUT2D eigenvalue weighted by molar-refractivity contribution is -0.156. The maximum atomic E-state index is 12.7. The molecule has 1 aliphatic carbocycles. The number of ether oxygens (including phenoxy) is 1. The van der Waals surface area contributed by atoms with Crippen LogP contribution in [-0.4, -0.2) is 27.7 Å². The van der Waals surface area contributed by atoms with Gasteiger partial charge in [-0.25, -0.2) is 4.98 Å². The Bertz CT molecular complexity index is 823. The van der Waals surface area contributed by atoms with Gasteiger partial charge in [0.2, 0.25) is 0 Å². The van der Waals surface area contributed by atoms with Crippen LogP contribution in [0.2, 0.25) is 0 Å². The second-order valence-electron chi connectivity index (χ2n) is 8.67. The summed E-state index contributed by atoms with van der Waals surface area (Å²) in [7, 11) is 0. The highest BCUT2D eigenvalue weighted by molar-refractivity contribution is 5.76. The summed E-state index contributed by atoms with van der Waals surface area (Å²) >= 11 is 0. The summed E-state index contributed by atoms with van der Waals surface area (Å²) in [5.74, 6) is 0.228. The molecule has 1 fully saturated rings. The minimum absolute atomic E-state index is 0.0759. The number of imidazole rings is 1. The maximum absolute atomic E-state index is 12.7. The number of nitrogens with two attached hydrogens (primary N) is 1. The van der Waals surface area contributed by atoms with E-state index in [9.17, 15) is 4.79 Å². The Hall–Kier alpha value is -2.14. The van der Waals surface area contributed by atoms with Crippen LogP contribution in [-0.2, 0) is 9.53 Å². The van der Waals surface area contributed by atoms with Gasteiger partial charge in [0.25, 0.3) is 0 Å². The Morgan fingerprint density at radius 1 is 1.25 bits per heavy atom. The van der Waals surface area contributed by atoms with E-state index < -0.39 is 6.04 Å². The number of benzene rings is 1. The molecule has 4 rings (SSSR count). The van der Waals surface area contributed by atoms with Gasteiger partial charge in [0.05, 0.1) is 24.3 Å². The van der Waals surface area contributed by atoms with Crippen LogP contribution in [0.3, 0.4) is 0 Å². The monoisotopic (exact) mass is 381 g/mol. The third-order valence-corrected chi connectivity index (χ3v) is 6.49. The van der Waals surface area contributed by atoms with Crippen molar-refractivity contribution in [3.05, 3.63) is 42.4 Å². The molecular weight excluding hydrogens is 350 g/mol. The predicted octanol–water partition coefficient (Wildman–Crippen LogP) is 4.32. The number of hydrogen-bond acceptors (Lipinski definition) is 4. The SMILES string of the molecule is CC(C)[C@H](N)C(=O)OC(CC1c2ccccc2-c2cncn21)C1CCCCC1. The van der Waals surface area contributed by atoms with Gasteiger partial charge in [-0.3, -0.25) is 4.79 Å². The quantitative estimate of drug-likeness (QED) is 0.757. The summed E-state index contributed by atoms with van der Waals surface area (Å²) in [4.78, 5) is 17.0. The van der Waals surface area contributed by atoms with E-state index in [1.807, 2.05) is 26.4 Å². The summed E-state index contributed by atoms with van der Waals surface area (Å²) in [6.45, 7) is 3.93. The van der Waals surface area contributed by atoms with Crippen LogP contribution in [0, 0.1) is 11.8 Å². The molecule has 2 aliphatic rings. The second-order valence-corrected chi connectivity index (χ2v) is 8.67. The largest absolute Gasteiger partial charge is 0.461 e. The molecule has 150 valence electrons. The van der Waals surface area contributed by atoms with E-state index in [0.29, 0.717) is 5.92 Å². The van der Waals surface area contributed by atoms with Gasteiger partial charge >= 0.3 is 5.97 Å². The molecule has 5 heteroatoms. The number of hydrogen-bond donors (Lipinski definition) is 1. The highest BCUT2D eigenvalue weighted by atomic mass is 16.5. The predicted molar refractivity (Wildman–Crippen MR) is 110 cm³/mol. The molecule has 0 bridgehead atoms. The van der Waals surface area contributed by atoms with Crippen molar-refractivity contribution in [3.8, 4) is 11.3 Å². The molecule has 28 heavy (non-hydrogen) atoms. The first-order valence-corrected chi connectivity index (χ1v) is 10.6. The molecule has 0 radical (unpaired) electrons. The zero-order valence-electron chi connectivity index (χ0n) is 16.9. The third kappa shape index (κ3) is 3.60. The van der Waals surface area contributed by atoms with Gasteiger partial charge in [0.15, 0.2) is 0 Å². The van der Waals surface area contributed by atoms with Gasteiger partial charge in [-0.2, -0.15) is 0 Å². The van der Waals surface area contributed by atoms with Crippen molar-refractivity contribution in [2.45, 2.75) is 70.6 Å². The molecule has 3 atom stereocenters. The highest BCUT2D eigenvalue weighted by Crippen LogP contribution is 2.43. The van der Waals surface area contributed by atoms with Crippen molar-refractivity contribution < 1.29 is 9.53 Å². The average Bonchev–Trinajstić information content (AvgIpc) is 3.30. The van der Waals surface area contributed by atoms with E-state index in [1.54, 1.807) is 0 Å². The molecule has 1 aromatic heterocycles. The molecule has 2 heterocycles. The molecule has 2 unspecified atom stereocenters. The van der Waals surface area contributed by atoms with Gasteiger partial charge in [0.1, 0.15) is 12.1 Å². The average molecular weight is 382 g/mol. The van der Waals surface area contributed by atoms with Crippen molar-refractivity contribution >= 4 is 5.97 Å². The van der Waals surface area contributed by atoms with Crippen molar-refractivity contribution in [2.24, 2.45) is 17.6 Å². The van der Waals surface area contributed by atoms with Crippen LogP contribution in [0.25, 0.3) is 11.3 Å². The van der Waals surface area contributed by atoms with E-state index in [0.717, 1.165) is 25.0 Å². The standard InChI is InChI=1S/C23H31N3O2/c1-15(2)22(24)23(27)28-21(16-8-4-3-5-9-16)12-19-17-10-6-7-11-18(17)20-13-25-14-26(19)20/h6-7,10-11,13-16,19,21-22H,3-5,8-9,12,24H2,1-2H3/t19?,21?,22-/m0/s1. The van der Waals surface area contributed by atoms with E-state index >= 15 is 0 Å². The van der Waals surface area contributed by atoms with Gasteiger partial charge in [-0.15, -0.1) is 0 Å². The van der Waals surface area contributed by atoms with Gasteiger partial charge < -0.3 is 15.0 Å². The van der Waals surface area contributed by atoms with Gasteiger partial charge in [-0.1, -0.05) is 57.4 Å². The summed E-state index contributed by atoms with van der Waals surface area (Å²) < 4.78 is 8.32. The number of carbonyl (C=O) groups is 1. The van der Waals surface area contributed by atoms with Crippen molar-refractivity contribution in [1.82, 2.24) is 9.55 Å². The number of nitrogens with zero attached hydrogens (tertiary/aromatic N) is 2. The highest BCUT2D eigenvalue weighted by Gasteiger charge is 2.36. The molecule has 2 N–H and O–H groups in total. The van der Waals surface area contributed by atoms with E-state index in [1.165, 1.54) is 30.4 Å². The van der Waals surface area contributed by atoms with Gasteiger partial charge in [-0.05, 0) is 30.2 Å². The molecule has 5 nitrogen and oxygen atoms in total. The van der Waals surface area contributed by atoms with Crippen molar-refractivity contribution in [3.63, 3.8) is 0 Å². The number of rotatable bonds is 6. The summed E-state index contributed by atoms with van der Waals surface area (Å²) in [5, 5.41) is 0. The topological polar surface area (TPSA) is 70.1 Å². The summed E-state index contributed by atoms with van der Waals surface area (Å²) in [6.07, 6.45) is 10.5. The molecule has 0 amide bonds. The number of esters is 1. The van der Waals surface area contributed by atoms with Crippen LogP contribution in [0.15, 0.2) is 36.8 Å². The first-order valence-electron chi connectivity index (χ1n) is 10.6. The lowest BCUT2D eigenvalue weighted by Crippen LogP contribution is -2.41. The normalized spacial score (nSPS) is 21.2. The van der Waals surface area contributed by atoms with Crippen LogP contribution >= 0.6 is 0 Å². The summed E-state index contributed by atoms with van der Waals surface area (Å²) in [5.41, 5.74) is 9.77. The number of fused-ring (bicyclic) bond motifs is 3. The minimum atomic E-state index is -0.564. The smallest absolute Gasteiger partial charge is 0.323 e. The Morgan fingerprint density at radius 2 is 2.00 bits per heavy atom. The molecule has 1 aromatic carbocycles. The Balaban J connectivity index is 1.60. The third-order valence-electron chi connectivity index (χ3n) is 6.49. The first kappa shape index (κ1) is 19.2. The van der Waals surface area contributed by atoms with Crippen LogP contribution in [0.4, 0.5) is 0 Å². The molecule has 0 saturated heterocycles. The molecule has 1 saturated carbocycles. The van der Waals surface area contributed by atoms with Gasteiger partial charge in [0, 0.05) is 12.0 Å². The molecular formula is C23H31N3O2. The number of carbonyl (C=O) groups excluding carboxylic acids is 1. The minimum Gasteiger partial charge on any atom is -0.461 e. The van der Waals surface area contributed by atoms with Crippen molar-refractivity contribution in [2.75, 3.05) is 0 Å².